The normalized spacial score (nSPS) is 10.8. The van der Waals surface area contributed by atoms with Crippen LogP contribution in [0.15, 0.2) is 56.1 Å². The number of rotatable bonds is 3. The molecule has 0 amide bonds. The van der Waals surface area contributed by atoms with Crippen LogP contribution in [0.2, 0.25) is 0 Å². The number of halogens is 2. The molecule has 4 nitrogen and oxygen atoms in total. The highest BCUT2D eigenvalue weighted by Gasteiger charge is 2.14. The molecule has 0 saturated carbocycles. The lowest BCUT2D eigenvalue weighted by molar-refractivity contribution is 0.0734. The molecule has 0 aliphatic rings. The molecule has 0 fully saturated rings. The van der Waals surface area contributed by atoms with Crippen molar-refractivity contribution in [3.8, 4) is 5.75 Å². The Morgan fingerprint density at radius 1 is 1.21 bits per heavy atom. The van der Waals surface area contributed by atoms with E-state index in [1.165, 1.54) is 30.3 Å². The molecule has 0 saturated heterocycles. The van der Waals surface area contributed by atoms with Crippen LogP contribution in [-0.2, 0) is 6.42 Å². The molecule has 0 aliphatic carbocycles. The monoisotopic (exact) mass is 390 g/mol. The molecule has 0 aliphatic heterocycles. The Kier molecular flexibility index (Phi) is 4.49. The third kappa shape index (κ3) is 3.23. The van der Waals surface area contributed by atoms with Crippen LogP contribution in [0.25, 0.3) is 11.0 Å². The standard InChI is InChI=1S/C18H12BrFO4/c1-2-10-7-17(21)24-16-9-12(4-6-13(10)16)23-18(22)14-5-3-11(20)8-15(14)19/h3-9H,2H2,1H3. The van der Waals surface area contributed by atoms with Gasteiger partial charge in [-0.25, -0.2) is 14.0 Å². The third-order valence-electron chi connectivity index (χ3n) is 3.54. The smallest absolute Gasteiger partial charge is 0.344 e. The summed E-state index contributed by atoms with van der Waals surface area (Å²) < 4.78 is 23.9. The van der Waals surface area contributed by atoms with Crippen molar-refractivity contribution >= 4 is 32.9 Å². The molecule has 1 aromatic heterocycles. The van der Waals surface area contributed by atoms with Crippen LogP contribution in [0.1, 0.15) is 22.8 Å². The Morgan fingerprint density at radius 2 is 2.00 bits per heavy atom. The van der Waals surface area contributed by atoms with E-state index in [0.29, 0.717) is 16.5 Å². The maximum Gasteiger partial charge on any atom is 0.344 e. The summed E-state index contributed by atoms with van der Waals surface area (Å²) in [6, 6.07) is 9.99. The van der Waals surface area contributed by atoms with Crippen molar-refractivity contribution in [2.75, 3.05) is 0 Å². The van der Waals surface area contributed by atoms with Gasteiger partial charge in [-0.05, 0) is 58.2 Å². The van der Waals surface area contributed by atoms with Gasteiger partial charge in [-0.3, -0.25) is 0 Å². The minimum atomic E-state index is -0.643. The maximum absolute atomic E-state index is 13.1. The highest BCUT2D eigenvalue weighted by molar-refractivity contribution is 9.10. The third-order valence-corrected chi connectivity index (χ3v) is 4.20. The lowest BCUT2D eigenvalue weighted by atomic mass is 10.1. The first-order chi connectivity index (χ1) is 11.5. The molecule has 0 spiro atoms. The largest absolute Gasteiger partial charge is 0.423 e. The second kappa shape index (κ2) is 6.57. The molecule has 1 heterocycles. The molecule has 0 unspecified atom stereocenters. The van der Waals surface area contributed by atoms with Gasteiger partial charge in [0.1, 0.15) is 17.1 Å². The molecular formula is C18H12BrFO4. The van der Waals surface area contributed by atoms with E-state index in [0.717, 1.165) is 10.9 Å². The van der Waals surface area contributed by atoms with E-state index >= 15 is 0 Å². The van der Waals surface area contributed by atoms with Gasteiger partial charge in [0.15, 0.2) is 0 Å². The van der Waals surface area contributed by atoms with Crippen molar-refractivity contribution in [3.63, 3.8) is 0 Å². The van der Waals surface area contributed by atoms with Crippen molar-refractivity contribution in [1.29, 1.82) is 0 Å². The second-order valence-corrected chi connectivity index (χ2v) is 5.97. The Hall–Kier alpha value is -2.47. The molecule has 2 aromatic carbocycles. The minimum absolute atomic E-state index is 0.195. The number of hydrogen-bond donors (Lipinski definition) is 0. The van der Waals surface area contributed by atoms with Crippen LogP contribution < -0.4 is 10.4 Å². The van der Waals surface area contributed by atoms with Gasteiger partial charge in [0.25, 0.3) is 0 Å². The molecule has 0 radical (unpaired) electrons. The maximum atomic E-state index is 13.1. The predicted molar refractivity (Wildman–Crippen MR) is 90.9 cm³/mol. The molecule has 0 N–H and O–H groups in total. The molecule has 0 atom stereocenters. The predicted octanol–water partition coefficient (Wildman–Crippen LogP) is 4.48. The Morgan fingerprint density at radius 3 is 2.71 bits per heavy atom. The van der Waals surface area contributed by atoms with E-state index in [-0.39, 0.29) is 11.3 Å². The van der Waals surface area contributed by atoms with Crippen LogP contribution in [0.4, 0.5) is 4.39 Å². The first-order valence-corrected chi connectivity index (χ1v) is 8.01. The van der Waals surface area contributed by atoms with Crippen molar-refractivity contribution < 1.29 is 18.3 Å². The summed E-state index contributed by atoms with van der Waals surface area (Å²) in [5, 5.41) is 0.792. The van der Waals surface area contributed by atoms with Crippen molar-refractivity contribution in [1.82, 2.24) is 0 Å². The van der Waals surface area contributed by atoms with Gasteiger partial charge in [0.05, 0.1) is 5.56 Å². The quantitative estimate of drug-likeness (QED) is 0.376. The number of carbonyl (C=O) groups is 1. The number of hydrogen-bond acceptors (Lipinski definition) is 4. The topological polar surface area (TPSA) is 56.5 Å². The lowest BCUT2D eigenvalue weighted by Crippen LogP contribution is -2.09. The van der Waals surface area contributed by atoms with Crippen molar-refractivity contribution in [3.05, 3.63) is 74.3 Å². The summed E-state index contributed by atoms with van der Waals surface area (Å²) in [5.41, 5.74) is 0.951. The molecule has 122 valence electrons. The molecule has 24 heavy (non-hydrogen) atoms. The van der Waals surface area contributed by atoms with Gasteiger partial charge >= 0.3 is 11.6 Å². The fourth-order valence-electron chi connectivity index (χ4n) is 2.38. The van der Waals surface area contributed by atoms with E-state index in [2.05, 4.69) is 15.9 Å². The SMILES string of the molecule is CCc1cc(=O)oc2cc(OC(=O)c3ccc(F)cc3Br)ccc12. The van der Waals surface area contributed by atoms with Gasteiger partial charge in [0.2, 0.25) is 0 Å². The Bertz CT molecular complexity index is 994. The van der Waals surface area contributed by atoms with Gasteiger partial charge in [-0.15, -0.1) is 0 Å². The average molecular weight is 391 g/mol. The van der Waals surface area contributed by atoms with Gasteiger partial charge in [-0.2, -0.15) is 0 Å². The lowest BCUT2D eigenvalue weighted by Gasteiger charge is -2.08. The molecular weight excluding hydrogens is 379 g/mol. The number of esters is 1. The zero-order valence-corrected chi connectivity index (χ0v) is 14.2. The zero-order chi connectivity index (χ0) is 17.3. The van der Waals surface area contributed by atoms with Gasteiger partial charge < -0.3 is 9.15 Å². The van der Waals surface area contributed by atoms with E-state index in [1.807, 2.05) is 6.92 Å². The van der Waals surface area contributed by atoms with Crippen LogP contribution in [-0.4, -0.2) is 5.97 Å². The van der Waals surface area contributed by atoms with Gasteiger partial charge in [-0.1, -0.05) is 6.92 Å². The Balaban J connectivity index is 1.95. The van der Waals surface area contributed by atoms with Crippen LogP contribution in [0.3, 0.4) is 0 Å². The summed E-state index contributed by atoms with van der Waals surface area (Å²) in [5.74, 6) is -0.867. The number of carbonyl (C=O) groups excluding carboxylic acids is 1. The summed E-state index contributed by atoms with van der Waals surface area (Å²) in [6.45, 7) is 1.94. The Labute approximate surface area is 145 Å². The second-order valence-electron chi connectivity index (χ2n) is 5.12. The summed E-state index contributed by atoms with van der Waals surface area (Å²) in [7, 11) is 0. The van der Waals surface area contributed by atoms with E-state index in [1.54, 1.807) is 12.1 Å². The van der Waals surface area contributed by atoms with Crippen molar-refractivity contribution in [2.24, 2.45) is 0 Å². The molecule has 6 heteroatoms. The fourth-order valence-corrected chi connectivity index (χ4v) is 2.90. The van der Waals surface area contributed by atoms with Crippen molar-refractivity contribution in [2.45, 2.75) is 13.3 Å². The minimum Gasteiger partial charge on any atom is -0.423 e. The first-order valence-electron chi connectivity index (χ1n) is 7.22. The van der Waals surface area contributed by atoms with Crippen LogP contribution in [0.5, 0.6) is 5.75 Å². The molecule has 0 bridgehead atoms. The zero-order valence-electron chi connectivity index (χ0n) is 12.6. The first kappa shape index (κ1) is 16.4. The number of aryl methyl sites for hydroxylation is 1. The fraction of sp³-hybridized carbons (Fsp3) is 0.111. The van der Waals surface area contributed by atoms with Crippen LogP contribution in [0, 0.1) is 5.82 Å². The van der Waals surface area contributed by atoms with Crippen LogP contribution >= 0.6 is 15.9 Å². The number of fused-ring (bicyclic) bond motifs is 1. The van der Waals surface area contributed by atoms with E-state index in [4.69, 9.17) is 9.15 Å². The molecule has 3 aromatic rings. The summed E-state index contributed by atoms with van der Waals surface area (Å²) in [6.07, 6.45) is 0.684. The van der Waals surface area contributed by atoms with E-state index in [9.17, 15) is 14.0 Å². The average Bonchev–Trinajstić information content (AvgIpc) is 2.53. The summed E-state index contributed by atoms with van der Waals surface area (Å²) in [4.78, 5) is 23.8. The summed E-state index contributed by atoms with van der Waals surface area (Å²) >= 11 is 3.13. The highest BCUT2D eigenvalue weighted by atomic mass is 79.9. The molecule has 3 rings (SSSR count). The van der Waals surface area contributed by atoms with Gasteiger partial charge in [0, 0.05) is 22.0 Å². The van der Waals surface area contributed by atoms with E-state index < -0.39 is 17.4 Å². The highest BCUT2D eigenvalue weighted by Crippen LogP contribution is 2.25. The number of benzene rings is 2. The number of ether oxygens (including phenoxy) is 1.